The van der Waals surface area contributed by atoms with Gasteiger partial charge in [-0.25, -0.2) is 0 Å². The van der Waals surface area contributed by atoms with Gasteiger partial charge in [0.25, 0.3) is 0 Å². The molecule has 8 unspecified atom stereocenters. The van der Waals surface area contributed by atoms with Crippen molar-refractivity contribution in [3.05, 3.63) is 37.0 Å². The van der Waals surface area contributed by atoms with E-state index in [-0.39, 0.29) is 91.9 Å². The number of rotatable bonds is 6. The summed E-state index contributed by atoms with van der Waals surface area (Å²) >= 11 is 0. The largest absolute Gasteiger partial charge is 0.459 e. The van der Waals surface area contributed by atoms with Crippen LogP contribution >= 0.6 is 0 Å². The molecule has 0 aromatic heterocycles. The van der Waals surface area contributed by atoms with E-state index >= 15 is 0 Å². The highest BCUT2D eigenvalue weighted by molar-refractivity contribution is 5.70. The summed E-state index contributed by atoms with van der Waals surface area (Å²) in [5.41, 5.74) is 2.13. The van der Waals surface area contributed by atoms with Crippen LogP contribution in [0.4, 0.5) is 0 Å². The second kappa shape index (κ2) is 16.6. The van der Waals surface area contributed by atoms with Crippen LogP contribution in [0.15, 0.2) is 37.0 Å². The minimum absolute atomic E-state index is 0.00385. The Kier molecular flexibility index (Phi) is 11.7. The predicted molar refractivity (Wildman–Crippen MR) is 213 cm³/mol. The van der Waals surface area contributed by atoms with Gasteiger partial charge >= 0.3 is 5.97 Å². The van der Waals surface area contributed by atoms with E-state index in [0.29, 0.717) is 58.0 Å². The molecule has 0 aromatic carbocycles. The van der Waals surface area contributed by atoms with Gasteiger partial charge in [-0.15, -0.1) is 6.58 Å². The molecule has 14 heteroatoms. The second-order valence-corrected chi connectivity index (χ2v) is 19.5. The molecule has 11 saturated heterocycles. The molecule has 14 nitrogen and oxygen atoms in total. The molecule has 11 aliphatic heterocycles. The zero-order valence-corrected chi connectivity index (χ0v) is 35.5. The summed E-state index contributed by atoms with van der Waals surface area (Å²) in [7, 11) is 1.67. The second-order valence-electron chi connectivity index (χ2n) is 19.5. The molecular weight excluding hydrogens is 776 g/mol. The topological polar surface area (TPSA) is 148 Å². The standard InChI is InChI=1S/C46H66O14/c1-7-16-50-46-22-45-14-12-29-18-24(3)30(51-29)10-8-27-17-23(2)25(4)33(52-27)20-35-39(26(5)38-36(54-35)21-34(49-6)31(55-38)13-15-47)57-37(48)19-28-9-11-32-40(53-28)41(58-45)42(59-46)43(56-32)44(46)60-45/h7,23,26-36,38-44,47H,1,3-4,8-22H2,2,5-6H3/t23-,26+,27+,28?,29?,30?,31-,32+,33?,34?,35+,36+,38+,39-,40?,41+,42+,43?,44+,45-,46?/m1/s1. The highest BCUT2D eigenvalue weighted by atomic mass is 16.8. The molecule has 11 rings (SSSR count). The van der Waals surface area contributed by atoms with Crippen LogP contribution in [0, 0.1) is 11.8 Å². The van der Waals surface area contributed by atoms with E-state index in [1.165, 1.54) is 0 Å². The van der Waals surface area contributed by atoms with Crippen LogP contribution in [0.5, 0.6) is 0 Å². The zero-order chi connectivity index (χ0) is 41.5. The number of aliphatic hydroxyl groups excluding tert-OH is 1. The van der Waals surface area contributed by atoms with Crippen molar-refractivity contribution in [3.8, 4) is 0 Å². The first kappa shape index (κ1) is 42.2. The number of esters is 1. The van der Waals surface area contributed by atoms with E-state index in [2.05, 4.69) is 33.6 Å². The van der Waals surface area contributed by atoms with Gasteiger partial charge in [0.05, 0.1) is 86.6 Å². The van der Waals surface area contributed by atoms with Crippen molar-refractivity contribution in [1.82, 2.24) is 0 Å². The van der Waals surface area contributed by atoms with E-state index in [4.69, 9.17) is 56.8 Å². The van der Waals surface area contributed by atoms with Crippen molar-refractivity contribution in [3.63, 3.8) is 0 Å². The van der Waals surface area contributed by atoms with Gasteiger partial charge in [0.15, 0.2) is 5.79 Å². The Bertz CT molecular complexity index is 1640. The maximum atomic E-state index is 14.2. The number of hydrogen-bond acceptors (Lipinski definition) is 14. The van der Waals surface area contributed by atoms with Crippen molar-refractivity contribution in [2.24, 2.45) is 11.8 Å². The molecule has 11 fully saturated rings. The lowest BCUT2D eigenvalue weighted by Crippen LogP contribution is -2.62. The van der Waals surface area contributed by atoms with Gasteiger partial charge in [-0.1, -0.05) is 33.1 Å². The summed E-state index contributed by atoms with van der Waals surface area (Å²) < 4.78 is 80.5. The van der Waals surface area contributed by atoms with Gasteiger partial charge in [-0.3, -0.25) is 4.79 Å². The Morgan fingerprint density at radius 3 is 2.37 bits per heavy atom. The first-order valence-corrected chi connectivity index (χ1v) is 22.9. The number of aliphatic hydroxyl groups is 1. The van der Waals surface area contributed by atoms with Crippen LogP contribution in [-0.2, 0) is 61.6 Å². The quantitative estimate of drug-likeness (QED) is 0.289. The van der Waals surface area contributed by atoms with Gasteiger partial charge in [-0.05, 0) is 68.4 Å². The molecule has 0 saturated carbocycles. The number of fused-ring (bicyclic) bond motifs is 7. The average molecular weight is 843 g/mol. The Hall–Kier alpha value is -1.79. The summed E-state index contributed by atoms with van der Waals surface area (Å²) in [4.78, 5) is 14.2. The molecule has 0 aromatic rings. The Morgan fingerprint density at radius 1 is 0.767 bits per heavy atom. The number of carbonyl (C=O) groups excluding carboxylic acids is 1. The van der Waals surface area contributed by atoms with E-state index in [1.807, 2.05) is 0 Å². The fraction of sp³-hybridized carbons (Fsp3) is 0.848. The molecule has 60 heavy (non-hydrogen) atoms. The Labute approximate surface area is 353 Å². The van der Waals surface area contributed by atoms with Gasteiger partial charge in [-0.2, -0.15) is 0 Å². The van der Waals surface area contributed by atoms with E-state index in [9.17, 15) is 9.90 Å². The third-order valence-electron chi connectivity index (χ3n) is 15.6. The van der Waals surface area contributed by atoms with Crippen LogP contribution in [0.25, 0.3) is 0 Å². The van der Waals surface area contributed by atoms with Crippen LogP contribution in [-0.4, -0.2) is 147 Å². The number of ether oxygens (including phenoxy) is 12. The van der Waals surface area contributed by atoms with E-state index in [0.717, 1.165) is 36.8 Å². The third-order valence-corrected chi connectivity index (χ3v) is 15.6. The monoisotopic (exact) mass is 842 g/mol. The fourth-order valence-electron chi connectivity index (χ4n) is 12.5. The molecule has 0 amide bonds. The fourth-order valence-corrected chi connectivity index (χ4v) is 12.5. The highest BCUT2D eigenvalue weighted by Crippen LogP contribution is 2.59. The smallest absolute Gasteiger partial charge is 0.308 e. The Morgan fingerprint density at radius 2 is 1.55 bits per heavy atom. The number of hydrogen-bond donors (Lipinski definition) is 1. The van der Waals surface area contributed by atoms with Crippen molar-refractivity contribution in [2.75, 3.05) is 20.3 Å². The van der Waals surface area contributed by atoms with Crippen LogP contribution in [0.1, 0.15) is 97.3 Å². The normalized spacial score (nSPS) is 52.5. The lowest BCUT2D eigenvalue weighted by Gasteiger charge is -2.51. The number of methoxy groups -OCH3 is 1. The van der Waals surface area contributed by atoms with Crippen molar-refractivity contribution in [1.29, 1.82) is 0 Å². The van der Waals surface area contributed by atoms with Crippen molar-refractivity contribution in [2.45, 2.75) is 213 Å². The molecule has 0 radical (unpaired) electrons. The minimum Gasteiger partial charge on any atom is -0.459 e. The van der Waals surface area contributed by atoms with Crippen molar-refractivity contribution >= 4 is 5.97 Å². The molecule has 12 bridgehead atoms. The summed E-state index contributed by atoms with van der Waals surface area (Å²) in [5, 5.41) is 9.86. The first-order chi connectivity index (χ1) is 29.0. The Balaban J connectivity index is 0.945. The highest BCUT2D eigenvalue weighted by Gasteiger charge is 2.75. The van der Waals surface area contributed by atoms with Crippen molar-refractivity contribution < 1.29 is 66.7 Å². The first-order valence-electron chi connectivity index (χ1n) is 22.9. The molecule has 11 heterocycles. The average Bonchev–Trinajstić information content (AvgIpc) is 3.78. The van der Waals surface area contributed by atoms with Crippen LogP contribution in [0.3, 0.4) is 0 Å². The summed E-state index contributed by atoms with van der Waals surface area (Å²) in [6.45, 7) is 17.4. The summed E-state index contributed by atoms with van der Waals surface area (Å²) in [6.07, 6.45) is 3.91. The van der Waals surface area contributed by atoms with Crippen LogP contribution < -0.4 is 0 Å². The molecule has 0 aliphatic carbocycles. The summed E-state index contributed by atoms with van der Waals surface area (Å²) in [5.74, 6) is -2.37. The molecule has 11 aliphatic rings. The molecular formula is C46H66O14. The summed E-state index contributed by atoms with van der Waals surface area (Å²) in [6, 6.07) is 0. The maximum absolute atomic E-state index is 14.2. The van der Waals surface area contributed by atoms with E-state index < -0.39 is 54.3 Å². The molecule has 334 valence electrons. The zero-order valence-electron chi connectivity index (χ0n) is 35.5. The molecule has 1 N–H and O–H groups in total. The van der Waals surface area contributed by atoms with Gasteiger partial charge in [0.1, 0.15) is 36.6 Å². The SMILES string of the molecule is C=CCOC12C[C@]34CCC5CC(=C)C(CC[C@H]6C[C@@H](C)C(=C)C(C[C@@H]7O[C@H]8CC(OC)[C@@H](CCO)O[C@H]8[C@H](C)[C@H]7OC(=O)CC7CC[C@@H]8OC([C@@H](O1)[C@@H](O3)C8O7)[C@@H]2O4)O6)O5. The lowest BCUT2D eigenvalue weighted by molar-refractivity contribution is -0.305. The molecule has 1 spiro atoms. The van der Waals surface area contributed by atoms with Crippen LogP contribution in [0.2, 0.25) is 0 Å². The lowest BCUT2D eigenvalue weighted by atomic mass is 9.79. The van der Waals surface area contributed by atoms with Gasteiger partial charge in [0.2, 0.25) is 5.79 Å². The van der Waals surface area contributed by atoms with E-state index in [1.54, 1.807) is 13.2 Å². The van der Waals surface area contributed by atoms with Gasteiger partial charge in [0, 0.05) is 38.9 Å². The molecule has 21 atom stereocenters. The predicted octanol–water partition coefficient (Wildman–Crippen LogP) is 4.77. The maximum Gasteiger partial charge on any atom is 0.308 e. The van der Waals surface area contributed by atoms with Gasteiger partial charge < -0.3 is 61.9 Å². The third kappa shape index (κ3) is 7.49. The minimum atomic E-state index is -1.04. The number of carbonyl (C=O) groups is 1.